The fourth-order valence-corrected chi connectivity index (χ4v) is 3.10. The fraction of sp³-hybridized carbons (Fsp3) is 0.348. The maximum atomic E-state index is 12.7. The lowest BCUT2D eigenvalue weighted by molar-refractivity contribution is -0.134. The molecule has 0 aliphatic rings. The van der Waals surface area contributed by atoms with E-state index < -0.39 is 0 Å². The van der Waals surface area contributed by atoms with E-state index in [4.69, 9.17) is 14.0 Å². The molecule has 2 aromatic carbocycles. The average molecular weight is 409 g/mol. The maximum absolute atomic E-state index is 12.7. The van der Waals surface area contributed by atoms with Gasteiger partial charge in [-0.15, -0.1) is 0 Å². The molecule has 3 aromatic rings. The second-order valence-electron chi connectivity index (χ2n) is 7.14. The van der Waals surface area contributed by atoms with E-state index in [1.165, 1.54) is 0 Å². The average Bonchev–Trinajstić information content (AvgIpc) is 3.22. The Morgan fingerprint density at radius 2 is 1.87 bits per heavy atom. The van der Waals surface area contributed by atoms with E-state index in [0.29, 0.717) is 18.3 Å². The van der Waals surface area contributed by atoms with Crippen LogP contribution in [-0.4, -0.2) is 41.2 Å². The van der Waals surface area contributed by atoms with Crippen molar-refractivity contribution in [3.8, 4) is 22.9 Å². The lowest BCUT2D eigenvalue weighted by Gasteiger charge is -2.19. The Bertz CT molecular complexity index is 1010. The Morgan fingerprint density at radius 3 is 2.53 bits per heavy atom. The smallest absolute Gasteiger partial charge is 0.260 e. The normalized spacial score (nSPS) is 10.7. The largest absolute Gasteiger partial charge is 0.497 e. The summed E-state index contributed by atoms with van der Waals surface area (Å²) in [6.45, 7) is 8.63. The summed E-state index contributed by atoms with van der Waals surface area (Å²) in [7, 11) is 1.61. The number of methoxy groups -OCH3 is 1. The van der Waals surface area contributed by atoms with E-state index >= 15 is 0 Å². The standard InChI is InChI=1S/C23H27N3O4/c1-6-26(22(27)14-29-20-12-15(2)11-16(3)17(20)4)13-21-24-23(25-30-21)18-7-9-19(28-5)10-8-18/h7-12H,6,13-14H2,1-5H3. The molecule has 0 N–H and O–H groups in total. The van der Waals surface area contributed by atoms with Gasteiger partial charge < -0.3 is 18.9 Å². The first-order chi connectivity index (χ1) is 14.4. The van der Waals surface area contributed by atoms with Gasteiger partial charge in [-0.25, -0.2) is 0 Å². The Hall–Kier alpha value is -3.35. The molecule has 3 rings (SSSR count). The molecule has 7 nitrogen and oxygen atoms in total. The van der Waals surface area contributed by atoms with E-state index in [1.807, 2.05) is 58.0 Å². The van der Waals surface area contributed by atoms with Gasteiger partial charge in [0.1, 0.15) is 18.0 Å². The minimum atomic E-state index is -0.139. The Morgan fingerprint density at radius 1 is 1.13 bits per heavy atom. The summed E-state index contributed by atoms with van der Waals surface area (Å²) in [5.41, 5.74) is 4.10. The zero-order valence-electron chi connectivity index (χ0n) is 18.1. The van der Waals surface area contributed by atoms with Gasteiger partial charge in [-0.05, 0) is 74.7 Å². The van der Waals surface area contributed by atoms with Crippen molar-refractivity contribution >= 4 is 5.91 Å². The van der Waals surface area contributed by atoms with Crippen molar-refractivity contribution < 1.29 is 18.8 Å². The van der Waals surface area contributed by atoms with Crippen LogP contribution >= 0.6 is 0 Å². The Labute approximate surface area is 176 Å². The first kappa shape index (κ1) is 21.4. The number of rotatable bonds is 8. The first-order valence-electron chi connectivity index (χ1n) is 9.86. The molecule has 1 aromatic heterocycles. The molecule has 0 radical (unpaired) electrons. The summed E-state index contributed by atoms with van der Waals surface area (Å²) in [6.07, 6.45) is 0. The molecule has 30 heavy (non-hydrogen) atoms. The lowest BCUT2D eigenvalue weighted by atomic mass is 10.1. The minimum Gasteiger partial charge on any atom is -0.497 e. The number of benzene rings is 2. The molecule has 0 fully saturated rings. The maximum Gasteiger partial charge on any atom is 0.260 e. The van der Waals surface area contributed by atoms with Crippen molar-refractivity contribution in [2.75, 3.05) is 20.3 Å². The summed E-state index contributed by atoms with van der Waals surface area (Å²) in [6, 6.07) is 11.4. The van der Waals surface area contributed by atoms with Gasteiger partial charge in [0.25, 0.3) is 5.91 Å². The zero-order valence-corrected chi connectivity index (χ0v) is 18.1. The van der Waals surface area contributed by atoms with Crippen LogP contribution in [0.3, 0.4) is 0 Å². The number of carbonyl (C=O) groups excluding carboxylic acids is 1. The van der Waals surface area contributed by atoms with Crippen molar-refractivity contribution in [3.05, 3.63) is 59.0 Å². The van der Waals surface area contributed by atoms with Gasteiger partial charge >= 0.3 is 0 Å². The number of nitrogens with zero attached hydrogens (tertiary/aromatic N) is 3. The van der Waals surface area contributed by atoms with Crippen LogP contribution in [0.5, 0.6) is 11.5 Å². The topological polar surface area (TPSA) is 77.7 Å². The van der Waals surface area contributed by atoms with E-state index in [1.54, 1.807) is 12.0 Å². The highest BCUT2D eigenvalue weighted by Crippen LogP contribution is 2.23. The van der Waals surface area contributed by atoms with Gasteiger partial charge in [0.05, 0.1) is 7.11 Å². The molecule has 158 valence electrons. The monoisotopic (exact) mass is 409 g/mol. The molecule has 0 aliphatic carbocycles. The van der Waals surface area contributed by atoms with E-state index in [-0.39, 0.29) is 19.1 Å². The molecule has 0 bridgehead atoms. The van der Waals surface area contributed by atoms with Crippen LogP contribution in [0.15, 0.2) is 40.9 Å². The molecule has 7 heteroatoms. The third-order valence-corrected chi connectivity index (χ3v) is 4.99. The van der Waals surface area contributed by atoms with Crippen molar-refractivity contribution in [1.29, 1.82) is 0 Å². The van der Waals surface area contributed by atoms with Crippen molar-refractivity contribution in [2.24, 2.45) is 0 Å². The number of aromatic nitrogens is 2. The highest BCUT2D eigenvalue weighted by atomic mass is 16.5. The van der Waals surface area contributed by atoms with Crippen molar-refractivity contribution in [1.82, 2.24) is 15.0 Å². The van der Waals surface area contributed by atoms with Gasteiger partial charge in [-0.3, -0.25) is 4.79 Å². The molecule has 0 unspecified atom stereocenters. The lowest BCUT2D eigenvalue weighted by Crippen LogP contribution is -2.34. The van der Waals surface area contributed by atoms with Crippen LogP contribution in [0.2, 0.25) is 0 Å². The highest BCUT2D eigenvalue weighted by Gasteiger charge is 2.18. The van der Waals surface area contributed by atoms with E-state index in [2.05, 4.69) is 16.2 Å². The number of hydrogen-bond donors (Lipinski definition) is 0. The Kier molecular flexibility index (Phi) is 6.72. The molecular weight excluding hydrogens is 382 g/mol. The van der Waals surface area contributed by atoms with Crippen LogP contribution in [-0.2, 0) is 11.3 Å². The van der Waals surface area contributed by atoms with Gasteiger partial charge in [0.15, 0.2) is 6.61 Å². The second-order valence-corrected chi connectivity index (χ2v) is 7.14. The third-order valence-electron chi connectivity index (χ3n) is 4.99. The summed E-state index contributed by atoms with van der Waals surface area (Å²) < 4.78 is 16.3. The SMILES string of the molecule is CCN(Cc1nc(-c2ccc(OC)cc2)no1)C(=O)COc1cc(C)cc(C)c1C. The minimum absolute atomic E-state index is 0.0446. The number of amides is 1. The number of likely N-dealkylation sites (N-methyl/N-ethyl adjacent to an activating group) is 1. The molecule has 0 aliphatic heterocycles. The molecule has 1 amide bonds. The third kappa shape index (κ3) is 4.97. The van der Waals surface area contributed by atoms with Crippen LogP contribution < -0.4 is 9.47 Å². The molecule has 0 saturated carbocycles. The van der Waals surface area contributed by atoms with Crippen LogP contribution in [0.25, 0.3) is 11.4 Å². The van der Waals surface area contributed by atoms with Crippen LogP contribution in [0.1, 0.15) is 29.5 Å². The summed E-state index contributed by atoms with van der Waals surface area (Å²) in [5.74, 6) is 2.19. The highest BCUT2D eigenvalue weighted by molar-refractivity contribution is 5.77. The van der Waals surface area contributed by atoms with Gasteiger partial charge in [0.2, 0.25) is 11.7 Å². The van der Waals surface area contributed by atoms with Crippen LogP contribution in [0.4, 0.5) is 0 Å². The number of aryl methyl sites for hydroxylation is 2. The molecule has 0 spiro atoms. The van der Waals surface area contributed by atoms with E-state index in [0.717, 1.165) is 33.8 Å². The molecule has 0 saturated heterocycles. The predicted molar refractivity (Wildman–Crippen MR) is 114 cm³/mol. The van der Waals surface area contributed by atoms with Crippen molar-refractivity contribution in [2.45, 2.75) is 34.2 Å². The summed E-state index contributed by atoms with van der Waals surface area (Å²) >= 11 is 0. The fourth-order valence-electron chi connectivity index (χ4n) is 3.10. The quantitative estimate of drug-likeness (QED) is 0.557. The van der Waals surface area contributed by atoms with Crippen molar-refractivity contribution in [3.63, 3.8) is 0 Å². The van der Waals surface area contributed by atoms with E-state index in [9.17, 15) is 4.79 Å². The molecule has 0 atom stereocenters. The number of ether oxygens (including phenoxy) is 2. The van der Waals surface area contributed by atoms with Gasteiger partial charge in [-0.1, -0.05) is 11.2 Å². The van der Waals surface area contributed by atoms with Crippen LogP contribution in [0, 0.1) is 20.8 Å². The van der Waals surface area contributed by atoms with Gasteiger partial charge in [0, 0.05) is 12.1 Å². The predicted octanol–water partition coefficient (Wildman–Crippen LogP) is 4.10. The molecular formula is C23H27N3O4. The number of hydrogen-bond acceptors (Lipinski definition) is 6. The summed E-state index contributed by atoms with van der Waals surface area (Å²) in [5, 5.41) is 4.02. The molecule has 1 heterocycles. The first-order valence-corrected chi connectivity index (χ1v) is 9.86. The number of carbonyl (C=O) groups is 1. The summed E-state index contributed by atoms with van der Waals surface area (Å²) in [4.78, 5) is 18.7. The zero-order chi connectivity index (χ0) is 21.7. The van der Waals surface area contributed by atoms with Gasteiger partial charge in [-0.2, -0.15) is 4.98 Å². The second kappa shape index (κ2) is 9.43. The Balaban J connectivity index is 1.63.